The van der Waals surface area contributed by atoms with Gasteiger partial charge in [-0.15, -0.1) is 17.5 Å². The predicted molar refractivity (Wildman–Crippen MR) is 458 cm³/mol. The Labute approximate surface area is 737 Å². The number of hydrogen-bond acceptors (Lipinski definition) is 45. The Kier molecular flexibility index (Phi) is 46.0. The van der Waals surface area contributed by atoms with E-state index in [1.807, 2.05) is 90.0 Å². The summed E-state index contributed by atoms with van der Waals surface area (Å²) in [6.45, 7) is 50.2. The van der Waals surface area contributed by atoms with Gasteiger partial charge in [0.2, 0.25) is 29.1 Å². The van der Waals surface area contributed by atoms with Crippen LogP contribution in [-0.4, -0.2) is 330 Å². The van der Waals surface area contributed by atoms with Crippen LogP contribution in [0.15, 0.2) is 0 Å². The lowest BCUT2D eigenvalue weighted by Gasteiger charge is -2.28. The highest BCUT2D eigenvalue weighted by molar-refractivity contribution is 7.00. The Balaban J connectivity index is 0.000000292. The quantitative estimate of drug-likeness (QED) is 0.0199. The number of aldehydes is 1. The summed E-state index contributed by atoms with van der Waals surface area (Å²) in [5.74, 6) is -0.623. The summed E-state index contributed by atoms with van der Waals surface area (Å²) in [5.41, 5.74) is -0.675. The number of nitrogens with one attached hydrogen (secondary N) is 4. The Hall–Kier alpha value is -7.93. The van der Waals surface area contributed by atoms with Crippen LogP contribution in [0.5, 0.6) is 23.5 Å². The molecule has 41 nitrogen and oxygen atoms in total. The van der Waals surface area contributed by atoms with Gasteiger partial charge in [-0.05, 0) is 131 Å². The number of carbonyl (C=O) groups excluding carboxylic acids is 9. The Morgan fingerprint density at radius 2 is 0.659 bits per heavy atom. The fraction of sp³-hybridized carbons (Fsp3) is 0.782. The normalized spacial score (nSPS) is 17.1. The highest BCUT2D eigenvalue weighted by atomic mass is 32.1. The maximum atomic E-state index is 12.5. The molecule has 696 valence electrons. The molecule has 4 aromatic heterocycles. The minimum atomic E-state index is -1.17. The monoisotopic (exact) mass is 1820 g/mol. The number of morpholine rings is 4. The second kappa shape index (κ2) is 53.5. The van der Waals surface area contributed by atoms with Crippen LogP contribution in [0.1, 0.15) is 158 Å². The van der Waals surface area contributed by atoms with Gasteiger partial charge < -0.3 is 117 Å². The van der Waals surface area contributed by atoms with Crippen molar-refractivity contribution >= 4 is 124 Å². The molecule has 10 atom stereocenters. The van der Waals surface area contributed by atoms with Gasteiger partial charge in [0.05, 0.1) is 99.8 Å². The minimum Gasteiger partial charge on any atom is -0.472 e. The fourth-order valence-corrected chi connectivity index (χ4v) is 12.9. The number of rotatable bonds is 43. The first-order valence-corrected chi connectivity index (χ1v) is 44.1. The highest BCUT2D eigenvalue weighted by Crippen LogP contribution is 2.31. The second-order valence-electron chi connectivity index (χ2n) is 33.1. The third-order valence-corrected chi connectivity index (χ3v) is 19.4. The molecule has 0 aromatic carbocycles. The summed E-state index contributed by atoms with van der Waals surface area (Å²) in [6, 6.07) is 0. The Morgan fingerprint density at radius 1 is 0.382 bits per heavy atom. The molecule has 8 heterocycles. The first kappa shape index (κ1) is 106. The van der Waals surface area contributed by atoms with Gasteiger partial charge in [-0.25, -0.2) is 19.2 Å². The lowest BCUT2D eigenvalue weighted by atomic mass is 10.1. The molecule has 4 aromatic rings. The first-order valence-electron chi connectivity index (χ1n) is 41.1. The van der Waals surface area contributed by atoms with E-state index in [4.69, 9.17) is 75.8 Å². The molecule has 4 saturated heterocycles. The van der Waals surface area contributed by atoms with Crippen LogP contribution >= 0.6 is 46.9 Å². The molecule has 123 heavy (non-hydrogen) atoms. The summed E-state index contributed by atoms with van der Waals surface area (Å²) in [7, 11) is 0. The molecule has 0 aliphatic carbocycles. The SMILES string of the molecule is CC(=O)C(=O)C(C)OC(=O)C(C)OC(CNC(C)(C)C)COc1nsnc1N1CCOCC1.CC(=O)OC(C)C(=O)OC(CNC(C)(C)C)COc1nsnc1N1CCOCC1.CC(C=O)OC(=O)C(C)OC(CNC(C)(C)C)COc1nsnc1N1CCOCC1.CCCC(=O)OC(C)C(=O)OC(CNC(C)(C)C)COc1nsnc1N1CCOCC1. The third-order valence-electron chi connectivity index (χ3n) is 17.4. The van der Waals surface area contributed by atoms with E-state index in [9.17, 15) is 43.2 Å². The van der Waals surface area contributed by atoms with Crippen molar-refractivity contribution in [3.63, 3.8) is 0 Å². The molecule has 4 N–H and O–H groups in total. The van der Waals surface area contributed by atoms with Crippen molar-refractivity contribution in [1.29, 1.82) is 0 Å². The van der Waals surface area contributed by atoms with E-state index in [-0.39, 0.29) is 55.0 Å². The molecular weight excluding hydrogens is 1690 g/mol. The number of nitrogens with zero attached hydrogens (tertiary/aromatic N) is 12. The van der Waals surface area contributed by atoms with E-state index in [1.54, 1.807) is 6.92 Å². The molecule has 45 heteroatoms. The highest BCUT2D eigenvalue weighted by Gasteiger charge is 2.34. The lowest BCUT2D eigenvalue weighted by Crippen LogP contribution is -2.45. The van der Waals surface area contributed by atoms with Crippen LogP contribution < -0.4 is 59.8 Å². The zero-order chi connectivity index (χ0) is 91.0. The number of aromatic nitrogens is 8. The minimum absolute atomic E-state index is 0.0877. The van der Waals surface area contributed by atoms with Crippen molar-refractivity contribution in [2.75, 3.05) is 177 Å². The molecule has 4 aliphatic heterocycles. The lowest BCUT2D eigenvalue weighted by molar-refractivity contribution is -0.171. The molecule has 10 unspecified atom stereocenters. The smallest absolute Gasteiger partial charge is 0.347 e. The topological polar surface area (TPSA) is 466 Å². The Bertz CT molecular complexity index is 3810. The average Bonchev–Trinajstić information content (AvgIpc) is 1.71. The third kappa shape index (κ3) is 41.8. The van der Waals surface area contributed by atoms with Crippen LogP contribution in [0.4, 0.5) is 23.3 Å². The van der Waals surface area contributed by atoms with E-state index in [2.05, 4.69) is 75.9 Å². The number of Topliss-reactive ketones (excluding diaryl/α,β-unsaturated/α-hetero) is 2. The van der Waals surface area contributed by atoms with Crippen LogP contribution in [0.3, 0.4) is 0 Å². The standard InChI is InChI=1S/C21H34N4O7S.C20H34N4O6S.C19H32N4O6S.C18H30N4O6S/c1-13(26)17(27)14(2)32-20(28)15(3)31-16(11-22-21(4,5)6)12-30-19-18(23-33-24-19)25-7-9-29-10-8-25;1-6-7-16(25)29-14(2)19(26)30-15(12-21-20(3,4)5)13-28-18-17(22-31-23-18)24-8-10-27-11-9-24;1-13(11-24)28-18(25)14(2)29-15(10-20-19(3,4)5)12-27-17-16(21-30-22-17)23-6-8-26-9-7-23;1-12(27-13(2)23)17(24)28-14(10-19-18(3,4)5)11-26-16-15(20-29-21-16)22-6-8-25-9-7-22/h14-16,22H,7-12H2,1-6H3;14-15,21H,6-13H2,1-5H3;11,13-15,20H,6-10,12H2,1-5H3;12,14,19H,6-11H2,1-5H3. The van der Waals surface area contributed by atoms with Gasteiger partial charge in [0.1, 0.15) is 50.8 Å². The van der Waals surface area contributed by atoms with Gasteiger partial charge in [-0.3, -0.25) is 24.0 Å². The van der Waals surface area contributed by atoms with Gasteiger partial charge in [-0.1, -0.05) is 6.92 Å². The average molecular weight is 1820 g/mol. The number of hydrogen-bond donors (Lipinski definition) is 4. The second-order valence-corrected chi connectivity index (χ2v) is 35.2. The van der Waals surface area contributed by atoms with Gasteiger partial charge in [-0.2, -0.15) is 17.5 Å². The van der Waals surface area contributed by atoms with Crippen molar-refractivity contribution in [3.8, 4) is 23.5 Å². The number of ketones is 2. The summed E-state index contributed by atoms with van der Waals surface area (Å²) < 4.78 is 122. The van der Waals surface area contributed by atoms with E-state index in [0.29, 0.717) is 178 Å². The molecule has 0 spiro atoms. The van der Waals surface area contributed by atoms with E-state index in [0.717, 1.165) is 66.9 Å². The van der Waals surface area contributed by atoms with Crippen LogP contribution in [0, 0.1) is 0 Å². The van der Waals surface area contributed by atoms with Crippen LogP contribution in [0.2, 0.25) is 0 Å². The summed E-state index contributed by atoms with van der Waals surface area (Å²) in [6.07, 6.45) is -6.48. The summed E-state index contributed by atoms with van der Waals surface area (Å²) >= 11 is 4.29. The largest absolute Gasteiger partial charge is 0.472 e. The molecular formula is C78H130N16O25S4. The number of carbonyl (C=O) groups is 9. The van der Waals surface area contributed by atoms with Gasteiger partial charge in [0, 0.05) is 121 Å². The van der Waals surface area contributed by atoms with Gasteiger partial charge >= 0.3 is 35.8 Å². The predicted octanol–water partition coefficient (Wildman–Crippen LogP) is 4.84. The van der Waals surface area contributed by atoms with E-state index in [1.165, 1.54) is 41.5 Å². The molecule has 0 bridgehead atoms. The van der Waals surface area contributed by atoms with Gasteiger partial charge in [0.25, 0.3) is 23.5 Å². The molecule has 4 aliphatic rings. The zero-order valence-electron chi connectivity index (χ0n) is 74.9. The van der Waals surface area contributed by atoms with Crippen molar-refractivity contribution in [2.24, 2.45) is 0 Å². The molecule has 4 fully saturated rings. The number of ether oxygens (including phenoxy) is 16. The number of anilines is 4. The number of esters is 6. The summed E-state index contributed by atoms with van der Waals surface area (Å²) in [5, 5.41) is 13.3. The Morgan fingerprint density at radius 3 is 0.935 bits per heavy atom. The fourth-order valence-electron chi connectivity index (χ4n) is 10.8. The maximum absolute atomic E-state index is 12.5. The van der Waals surface area contributed by atoms with Crippen molar-refractivity contribution in [2.45, 2.75) is 241 Å². The summed E-state index contributed by atoms with van der Waals surface area (Å²) in [4.78, 5) is 114. The maximum Gasteiger partial charge on any atom is 0.347 e. The molecule has 8 rings (SSSR count). The van der Waals surface area contributed by atoms with Crippen molar-refractivity contribution in [3.05, 3.63) is 0 Å². The van der Waals surface area contributed by atoms with Crippen LogP contribution in [0.25, 0.3) is 0 Å². The molecule has 0 saturated carbocycles. The zero-order valence-corrected chi connectivity index (χ0v) is 78.2. The molecule has 0 amide bonds. The van der Waals surface area contributed by atoms with E-state index < -0.39 is 108 Å². The van der Waals surface area contributed by atoms with Crippen molar-refractivity contribution in [1.82, 2.24) is 56.3 Å². The van der Waals surface area contributed by atoms with Crippen LogP contribution in [-0.2, 0) is 100.0 Å². The first-order chi connectivity index (χ1) is 58.0. The molecule has 0 radical (unpaired) electrons. The van der Waals surface area contributed by atoms with E-state index >= 15 is 0 Å². The van der Waals surface area contributed by atoms with Gasteiger partial charge in [0.15, 0.2) is 48.7 Å². The van der Waals surface area contributed by atoms with Crippen molar-refractivity contribution < 1.29 is 119 Å².